The van der Waals surface area contributed by atoms with E-state index in [2.05, 4.69) is 42.7 Å². The molecular weight excluding hydrogens is 234 g/mol. The van der Waals surface area contributed by atoms with E-state index >= 15 is 0 Å². The van der Waals surface area contributed by atoms with Crippen molar-refractivity contribution in [1.29, 1.82) is 0 Å². The Kier molecular flexibility index (Phi) is 5.01. The lowest BCUT2D eigenvalue weighted by atomic mass is 9.96. The lowest BCUT2D eigenvalue weighted by Crippen LogP contribution is -2.43. The van der Waals surface area contributed by atoms with Crippen LogP contribution < -0.4 is 0 Å². The van der Waals surface area contributed by atoms with Crippen molar-refractivity contribution in [1.82, 2.24) is 4.90 Å². The van der Waals surface area contributed by atoms with Gasteiger partial charge in [-0.2, -0.15) is 0 Å². The molecule has 0 saturated carbocycles. The highest BCUT2D eigenvalue weighted by molar-refractivity contribution is 5.41. The van der Waals surface area contributed by atoms with E-state index in [1.807, 2.05) is 12.1 Å². The third kappa shape index (κ3) is 3.59. The first-order valence-corrected chi connectivity index (χ1v) is 7.15. The van der Waals surface area contributed by atoms with Crippen molar-refractivity contribution in [2.24, 2.45) is 0 Å². The van der Waals surface area contributed by atoms with E-state index in [1.165, 1.54) is 24.8 Å². The molecule has 0 aromatic heterocycles. The minimum Gasteiger partial charge on any atom is -0.384 e. The number of rotatable bonds is 2. The molecule has 1 aliphatic heterocycles. The van der Waals surface area contributed by atoms with Crippen LogP contribution in [0.25, 0.3) is 0 Å². The van der Waals surface area contributed by atoms with Gasteiger partial charge >= 0.3 is 0 Å². The van der Waals surface area contributed by atoms with E-state index in [9.17, 15) is 0 Å². The molecule has 0 amide bonds. The molecule has 19 heavy (non-hydrogen) atoms. The first-order valence-electron chi connectivity index (χ1n) is 7.15. The fraction of sp³-hybridized carbons (Fsp3) is 0.529. The summed E-state index contributed by atoms with van der Waals surface area (Å²) in [6.07, 6.45) is 3.91. The number of hydrogen-bond acceptors (Lipinski definition) is 2. The van der Waals surface area contributed by atoms with E-state index < -0.39 is 0 Å². The summed E-state index contributed by atoms with van der Waals surface area (Å²) >= 11 is 0. The van der Waals surface area contributed by atoms with Crippen LogP contribution in [-0.4, -0.2) is 28.7 Å². The second-order valence-electron chi connectivity index (χ2n) is 5.42. The monoisotopic (exact) mass is 257 g/mol. The fourth-order valence-electron chi connectivity index (χ4n) is 2.90. The molecule has 1 aromatic rings. The summed E-state index contributed by atoms with van der Waals surface area (Å²) in [7, 11) is 0. The zero-order chi connectivity index (χ0) is 13.7. The molecule has 2 atom stereocenters. The third-order valence-electron chi connectivity index (χ3n) is 4.05. The third-order valence-corrected chi connectivity index (χ3v) is 4.05. The van der Waals surface area contributed by atoms with Gasteiger partial charge in [0.2, 0.25) is 0 Å². The first-order chi connectivity index (χ1) is 9.22. The minimum absolute atomic E-state index is 0.0785. The Morgan fingerprint density at radius 3 is 2.58 bits per heavy atom. The SMILES string of the molecule is CC1CCCC(C)N1Cc1ccccc1C#CCO. The average molecular weight is 257 g/mol. The van der Waals surface area contributed by atoms with Gasteiger partial charge in [-0.3, -0.25) is 4.90 Å². The molecule has 0 spiro atoms. The quantitative estimate of drug-likeness (QED) is 0.824. The van der Waals surface area contributed by atoms with Gasteiger partial charge in [-0.15, -0.1) is 0 Å². The Labute approximate surface area is 116 Å². The highest BCUT2D eigenvalue weighted by Crippen LogP contribution is 2.25. The van der Waals surface area contributed by atoms with E-state index in [1.54, 1.807) is 0 Å². The lowest BCUT2D eigenvalue weighted by Gasteiger charge is -2.39. The van der Waals surface area contributed by atoms with E-state index in [0.29, 0.717) is 12.1 Å². The number of benzene rings is 1. The molecule has 102 valence electrons. The van der Waals surface area contributed by atoms with Crippen molar-refractivity contribution in [2.75, 3.05) is 6.61 Å². The Morgan fingerprint density at radius 2 is 1.89 bits per heavy atom. The topological polar surface area (TPSA) is 23.5 Å². The van der Waals surface area contributed by atoms with Crippen molar-refractivity contribution in [3.05, 3.63) is 35.4 Å². The molecule has 1 N–H and O–H groups in total. The van der Waals surface area contributed by atoms with Gasteiger partial charge < -0.3 is 5.11 Å². The largest absolute Gasteiger partial charge is 0.384 e. The summed E-state index contributed by atoms with van der Waals surface area (Å²) < 4.78 is 0. The number of nitrogens with zero attached hydrogens (tertiary/aromatic N) is 1. The molecule has 1 saturated heterocycles. The van der Waals surface area contributed by atoms with Gasteiger partial charge in [0.05, 0.1) is 0 Å². The number of aliphatic hydroxyl groups excluding tert-OH is 1. The smallest absolute Gasteiger partial charge is 0.104 e. The van der Waals surface area contributed by atoms with Gasteiger partial charge in [-0.1, -0.05) is 36.5 Å². The van der Waals surface area contributed by atoms with Crippen LogP contribution in [-0.2, 0) is 6.54 Å². The Bertz CT molecular complexity index is 462. The summed E-state index contributed by atoms with van der Waals surface area (Å²) in [5, 5.41) is 8.84. The predicted octanol–water partition coefficient (Wildman–Crippen LogP) is 2.79. The molecule has 1 heterocycles. The highest BCUT2D eigenvalue weighted by atomic mass is 16.2. The maximum Gasteiger partial charge on any atom is 0.104 e. The first kappa shape index (κ1) is 14.1. The van der Waals surface area contributed by atoms with Gasteiger partial charge in [-0.05, 0) is 38.3 Å². The normalized spacial score (nSPS) is 23.7. The van der Waals surface area contributed by atoms with Crippen LogP contribution in [0, 0.1) is 11.8 Å². The van der Waals surface area contributed by atoms with Crippen LogP contribution in [0.5, 0.6) is 0 Å². The van der Waals surface area contributed by atoms with Crippen LogP contribution in [0.4, 0.5) is 0 Å². The van der Waals surface area contributed by atoms with E-state index in [0.717, 1.165) is 12.1 Å². The number of hydrogen-bond donors (Lipinski definition) is 1. The molecule has 2 heteroatoms. The van der Waals surface area contributed by atoms with E-state index in [-0.39, 0.29) is 6.61 Å². The Morgan fingerprint density at radius 1 is 1.21 bits per heavy atom. The van der Waals surface area contributed by atoms with Crippen LogP contribution >= 0.6 is 0 Å². The summed E-state index contributed by atoms with van der Waals surface area (Å²) in [4.78, 5) is 2.57. The molecule has 0 bridgehead atoms. The van der Waals surface area contributed by atoms with Gasteiger partial charge in [0.15, 0.2) is 0 Å². The van der Waals surface area contributed by atoms with Crippen LogP contribution in [0.1, 0.15) is 44.2 Å². The van der Waals surface area contributed by atoms with Gasteiger partial charge in [0.25, 0.3) is 0 Å². The standard InChI is InChI=1S/C17H23NO/c1-14-7-5-8-15(2)18(14)13-17-10-4-3-9-16(17)11-6-12-19/h3-4,9-10,14-15,19H,5,7-8,12-13H2,1-2H3. The van der Waals surface area contributed by atoms with Crippen LogP contribution in [0.15, 0.2) is 24.3 Å². The lowest BCUT2D eigenvalue weighted by molar-refractivity contribution is 0.0952. The van der Waals surface area contributed by atoms with Crippen molar-refractivity contribution in [2.45, 2.75) is 51.7 Å². The van der Waals surface area contributed by atoms with Crippen molar-refractivity contribution >= 4 is 0 Å². The Hall–Kier alpha value is -1.30. The molecule has 1 aromatic carbocycles. The van der Waals surface area contributed by atoms with Gasteiger partial charge in [0, 0.05) is 24.2 Å². The Balaban J connectivity index is 2.18. The fourth-order valence-corrected chi connectivity index (χ4v) is 2.90. The highest BCUT2D eigenvalue weighted by Gasteiger charge is 2.24. The predicted molar refractivity (Wildman–Crippen MR) is 78.7 cm³/mol. The van der Waals surface area contributed by atoms with Crippen molar-refractivity contribution in [3.8, 4) is 11.8 Å². The molecule has 0 radical (unpaired) electrons. The zero-order valence-corrected chi connectivity index (χ0v) is 11.9. The average Bonchev–Trinajstić information content (AvgIpc) is 2.42. The summed E-state index contributed by atoms with van der Waals surface area (Å²) in [5.74, 6) is 5.81. The van der Waals surface area contributed by atoms with Crippen LogP contribution in [0.2, 0.25) is 0 Å². The van der Waals surface area contributed by atoms with Gasteiger partial charge in [-0.25, -0.2) is 0 Å². The molecule has 0 aliphatic carbocycles. The summed E-state index contributed by atoms with van der Waals surface area (Å²) in [6, 6.07) is 9.55. The van der Waals surface area contributed by atoms with E-state index in [4.69, 9.17) is 5.11 Å². The molecule has 2 nitrogen and oxygen atoms in total. The number of aliphatic hydroxyl groups is 1. The number of piperidine rings is 1. The van der Waals surface area contributed by atoms with Crippen molar-refractivity contribution < 1.29 is 5.11 Å². The molecule has 1 fully saturated rings. The molecule has 2 unspecified atom stereocenters. The minimum atomic E-state index is -0.0785. The molecular formula is C17H23NO. The molecule has 1 aliphatic rings. The molecule has 2 rings (SSSR count). The zero-order valence-electron chi connectivity index (χ0n) is 11.9. The maximum absolute atomic E-state index is 8.84. The second-order valence-corrected chi connectivity index (χ2v) is 5.42. The van der Waals surface area contributed by atoms with Crippen molar-refractivity contribution in [3.63, 3.8) is 0 Å². The summed E-state index contributed by atoms with van der Waals surface area (Å²) in [6.45, 7) is 5.51. The second kappa shape index (κ2) is 6.75. The summed E-state index contributed by atoms with van der Waals surface area (Å²) in [5.41, 5.74) is 2.31. The van der Waals surface area contributed by atoms with Gasteiger partial charge in [0.1, 0.15) is 6.61 Å². The van der Waals surface area contributed by atoms with Crippen LogP contribution in [0.3, 0.4) is 0 Å². The number of likely N-dealkylation sites (tertiary alicyclic amines) is 1. The maximum atomic E-state index is 8.84.